The molecule has 0 aliphatic carbocycles. The maximum atomic E-state index is 12.2. The molecule has 0 aromatic heterocycles. The SMILES string of the molecule is CCCC(C)(O)CNS(=O)(=O)c1cc(Cl)ccc1C#N. The third-order valence-corrected chi connectivity index (χ3v) is 4.46. The van der Waals surface area contributed by atoms with Gasteiger partial charge in [0.25, 0.3) is 0 Å². The lowest BCUT2D eigenvalue weighted by Gasteiger charge is -2.23. The van der Waals surface area contributed by atoms with Crippen LogP contribution in [0.15, 0.2) is 23.1 Å². The van der Waals surface area contributed by atoms with Gasteiger partial charge < -0.3 is 5.11 Å². The van der Waals surface area contributed by atoms with E-state index >= 15 is 0 Å². The smallest absolute Gasteiger partial charge is 0.242 e. The molecule has 1 aromatic carbocycles. The highest BCUT2D eigenvalue weighted by Gasteiger charge is 2.25. The Kier molecular flexibility index (Phi) is 5.54. The predicted molar refractivity (Wildman–Crippen MR) is 76.9 cm³/mol. The number of hydrogen-bond acceptors (Lipinski definition) is 4. The number of nitriles is 1. The Morgan fingerprint density at radius 3 is 2.70 bits per heavy atom. The fraction of sp³-hybridized carbons (Fsp3) is 0.462. The Bertz CT molecular complexity index is 621. The number of sulfonamides is 1. The summed E-state index contributed by atoms with van der Waals surface area (Å²) in [4.78, 5) is -0.181. The van der Waals surface area contributed by atoms with E-state index in [0.717, 1.165) is 6.42 Å². The van der Waals surface area contributed by atoms with Gasteiger partial charge in [0.1, 0.15) is 11.0 Å². The lowest BCUT2D eigenvalue weighted by atomic mass is 10.0. The molecular formula is C13H17ClN2O3S. The highest BCUT2D eigenvalue weighted by molar-refractivity contribution is 7.89. The minimum Gasteiger partial charge on any atom is -0.389 e. The number of aliphatic hydroxyl groups is 1. The first-order chi connectivity index (χ1) is 9.22. The normalized spacial score (nSPS) is 14.6. The van der Waals surface area contributed by atoms with Crippen molar-refractivity contribution >= 4 is 21.6 Å². The van der Waals surface area contributed by atoms with E-state index in [0.29, 0.717) is 6.42 Å². The third kappa shape index (κ3) is 4.46. The van der Waals surface area contributed by atoms with Gasteiger partial charge in [0.05, 0.1) is 11.2 Å². The van der Waals surface area contributed by atoms with Gasteiger partial charge in [-0.2, -0.15) is 5.26 Å². The highest BCUT2D eigenvalue weighted by Crippen LogP contribution is 2.21. The van der Waals surface area contributed by atoms with Crippen molar-refractivity contribution in [1.82, 2.24) is 4.72 Å². The molecule has 7 heteroatoms. The molecule has 5 nitrogen and oxygen atoms in total. The van der Waals surface area contributed by atoms with Crippen LogP contribution in [-0.4, -0.2) is 25.7 Å². The van der Waals surface area contributed by atoms with Crippen molar-refractivity contribution in [2.75, 3.05) is 6.54 Å². The van der Waals surface area contributed by atoms with Gasteiger partial charge in [0, 0.05) is 11.6 Å². The number of benzene rings is 1. The summed E-state index contributed by atoms with van der Waals surface area (Å²) in [5, 5.41) is 19.2. The van der Waals surface area contributed by atoms with E-state index in [9.17, 15) is 13.5 Å². The van der Waals surface area contributed by atoms with E-state index in [1.807, 2.05) is 13.0 Å². The Labute approximate surface area is 124 Å². The summed E-state index contributed by atoms with van der Waals surface area (Å²) in [7, 11) is -3.89. The molecule has 0 amide bonds. The summed E-state index contributed by atoms with van der Waals surface area (Å²) >= 11 is 5.77. The maximum absolute atomic E-state index is 12.2. The van der Waals surface area contributed by atoms with Crippen LogP contribution in [0.2, 0.25) is 5.02 Å². The first-order valence-electron chi connectivity index (χ1n) is 6.13. The molecule has 1 rings (SSSR count). The third-order valence-electron chi connectivity index (χ3n) is 2.79. The fourth-order valence-electron chi connectivity index (χ4n) is 1.77. The van der Waals surface area contributed by atoms with E-state index in [1.54, 1.807) is 6.92 Å². The van der Waals surface area contributed by atoms with E-state index in [2.05, 4.69) is 4.72 Å². The quantitative estimate of drug-likeness (QED) is 0.840. The van der Waals surface area contributed by atoms with Gasteiger partial charge in [-0.1, -0.05) is 24.9 Å². The maximum Gasteiger partial charge on any atom is 0.242 e. The molecule has 1 unspecified atom stereocenters. The molecule has 1 atom stereocenters. The van der Waals surface area contributed by atoms with Crippen LogP contribution in [0.3, 0.4) is 0 Å². The first-order valence-corrected chi connectivity index (χ1v) is 7.99. The summed E-state index contributed by atoms with van der Waals surface area (Å²) in [6, 6.07) is 5.83. The second kappa shape index (κ2) is 6.55. The van der Waals surface area contributed by atoms with E-state index < -0.39 is 15.6 Å². The zero-order valence-electron chi connectivity index (χ0n) is 11.4. The van der Waals surface area contributed by atoms with E-state index in [-0.39, 0.29) is 22.0 Å². The zero-order chi connectivity index (χ0) is 15.4. The van der Waals surface area contributed by atoms with Crippen LogP contribution in [0, 0.1) is 11.3 Å². The lowest BCUT2D eigenvalue weighted by Crippen LogP contribution is -2.40. The molecule has 2 N–H and O–H groups in total. The molecular weight excluding hydrogens is 300 g/mol. The summed E-state index contributed by atoms with van der Waals surface area (Å²) in [6.07, 6.45) is 1.20. The van der Waals surface area contributed by atoms with Crippen LogP contribution in [0.4, 0.5) is 0 Å². The Morgan fingerprint density at radius 1 is 1.50 bits per heavy atom. The van der Waals surface area contributed by atoms with Crippen molar-refractivity contribution in [3.8, 4) is 6.07 Å². The van der Waals surface area contributed by atoms with Crippen LogP contribution in [-0.2, 0) is 10.0 Å². The number of nitrogens with zero attached hydrogens (tertiary/aromatic N) is 1. The number of hydrogen-bond donors (Lipinski definition) is 2. The second-order valence-corrected chi connectivity index (χ2v) is 7.00. The number of rotatable bonds is 6. The van der Waals surface area contributed by atoms with E-state index in [4.69, 9.17) is 16.9 Å². The molecule has 0 radical (unpaired) electrons. The van der Waals surface area contributed by atoms with Crippen LogP contribution >= 0.6 is 11.6 Å². The second-order valence-electron chi connectivity index (χ2n) is 4.82. The van der Waals surface area contributed by atoms with Gasteiger partial charge in [-0.3, -0.25) is 0 Å². The molecule has 1 aromatic rings. The monoisotopic (exact) mass is 316 g/mol. The average Bonchev–Trinajstić information content (AvgIpc) is 2.37. The first kappa shape index (κ1) is 16.9. The molecule has 0 fully saturated rings. The number of halogens is 1. The Morgan fingerprint density at radius 2 is 2.15 bits per heavy atom. The van der Waals surface area contributed by atoms with Crippen molar-refractivity contribution in [1.29, 1.82) is 5.26 Å². The summed E-state index contributed by atoms with van der Waals surface area (Å²) in [6.45, 7) is 3.33. The highest BCUT2D eigenvalue weighted by atomic mass is 35.5. The van der Waals surface area contributed by atoms with Gasteiger partial charge >= 0.3 is 0 Å². The zero-order valence-corrected chi connectivity index (χ0v) is 12.9. The van der Waals surface area contributed by atoms with Crippen LogP contribution < -0.4 is 4.72 Å². The standard InChI is InChI=1S/C13H17ClN2O3S/c1-3-6-13(2,17)9-16-20(18,19)12-7-11(14)5-4-10(12)8-15/h4-5,7,16-17H,3,6,9H2,1-2H3. The molecule has 110 valence electrons. The number of nitrogens with one attached hydrogen (secondary N) is 1. The molecule has 0 aliphatic heterocycles. The minimum absolute atomic E-state index is 0.0111. The van der Waals surface area contributed by atoms with Crippen LogP contribution in [0.5, 0.6) is 0 Å². The van der Waals surface area contributed by atoms with Gasteiger partial charge in [0.2, 0.25) is 10.0 Å². The summed E-state index contributed by atoms with van der Waals surface area (Å²) < 4.78 is 26.7. The minimum atomic E-state index is -3.89. The Hall–Kier alpha value is -1.13. The molecule has 0 spiro atoms. The van der Waals surface area contributed by atoms with Crippen molar-refractivity contribution in [2.24, 2.45) is 0 Å². The molecule has 0 heterocycles. The van der Waals surface area contributed by atoms with Crippen molar-refractivity contribution in [3.05, 3.63) is 28.8 Å². The van der Waals surface area contributed by atoms with Crippen LogP contribution in [0.1, 0.15) is 32.3 Å². The van der Waals surface area contributed by atoms with Crippen molar-refractivity contribution in [2.45, 2.75) is 37.2 Å². The molecule has 0 saturated carbocycles. The van der Waals surface area contributed by atoms with Crippen LogP contribution in [0.25, 0.3) is 0 Å². The van der Waals surface area contributed by atoms with Gasteiger partial charge in [-0.25, -0.2) is 13.1 Å². The fourth-order valence-corrected chi connectivity index (χ4v) is 3.34. The van der Waals surface area contributed by atoms with Crippen molar-refractivity contribution < 1.29 is 13.5 Å². The topological polar surface area (TPSA) is 90.2 Å². The van der Waals surface area contributed by atoms with Gasteiger partial charge in [-0.15, -0.1) is 0 Å². The molecule has 20 heavy (non-hydrogen) atoms. The largest absolute Gasteiger partial charge is 0.389 e. The lowest BCUT2D eigenvalue weighted by molar-refractivity contribution is 0.0554. The average molecular weight is 317 g/mol. The van der Waals surface area contributed by atoms with Gasteiger partial charge in [0.15, 0.2) is 0 Å². The van der Waals surface area contributed by atoms with Crippen molar-refractivity contribution in [3.63, 3.8) is 0 Å². The molecule has 0 saturated heterocycles. The summed E-state index contributed by atoms with van der Waals surface area (Å²) in [5.41, 5.74) is -1.12. The molecule has 0 bridgehead atoms. The summed E-state index contributed by atoms with van der Waals surface area (Å²) in [5.74, 6) is 0. The predicted octanol–water partition coefficient (Wildman–Crippen LogP) is 2.04. The van der Waals surface area contributed by atoms with E-state index in [1.165, 1.54) is 18.2 Å². The molecule has 0 aliphatic rings. The Balaban J connectivity index is 3.01. The van der Waals surface area contributed by atoms with Gasteiger partial charge in [-0.05, 0) is 31.5 Å².